The minimum atomic E-state index is -0.468. The molecule has 0 atom stereocenters. The van der Waals surface area contributed by atoms with E-state index in [1.807, 2.05) is 31.2 Å². The van der Waals surface area contributed by atoms with E-state index >= 15 is 0 Å². The molecule has 0 radical (unpaired) electrons. The standard InChI is InChI=1S/C19H14N2O4S/c1-11-3-2-4-12(7-11)18-20-21-19(25-18)26-10-13-8-17(23)24-16-9-14(22)5-6-15(13)16/h2-9,22H,10H2,1H3. The van der Waals surface area contributed by atoms with Gasteiger partial charge in [0.05, 0.1) is 0 Å². The Labute approximate surface area is 152 Å². The Morgan fingerprint density at radius 1 is 1.08 bits per heavy atom. The van der Waals surface area contributed by atoms with Gasteiger partial charge in [-0.15, -0.1) is 10.2 Å². The number of benzene rings is 2. The molecule has 0 unspecified atom stereocenters. The fraction of sp³-hybridized carbons (Fsp3) is 0.105. The average molecular weight is 366 g/mol. The highest BCUT2D eigenvalue weighted by atomic mass is 32.2. The predicted molar refractivity (Wildman–Crippen MR) is 98.2 cm³/mol. The van der Waals surface area contributed by atoms with Gasteiger partial charge in [0.15, 0.2) is 0 Å². The van der Waals surface area contributed by atoms with Gasteiger partial charge in [0.1, 0.15) is 11.3 Å². The molecule has 2 aromatic heterocycles. The monoisotopic (exact) mass is 366 g/mol. The summed E-state index contributed by atoms with van der Waals surface area (Å²) in [4.78, 5) is 11.7. The quantitative estimate of drug-likeness (QED) is 0.429. The topological polar surface area (TPSA) is 89.4 Å². The van der Waals surface area contributed by atoms with Crippen LogP contribution in [-0.2, 0) is 5.75 Å². The van der Waals surface area contributed by atoms with Crippen LogP contribution in [0.25, 0.3) is 22.4 Å². The number of hydrogen-bond acceptors (Lipinski definition) is 7. The molecule has 26 heavy (non-hydrogen) atoms. The van der Waals surface area contributed by atoms with Crippen LogP contribution in [0.15, 0.2) is 67.4 Å². The normalized spacial score (nSPS) is 11.1. The van der Waals surface area contributed by atoms with Gasteiger partial charge in [-0.1, -0.05) is 29.5 Å². The second-order valence-corrected chi connectivity index (χ2v) is 6.73. The van der Waals surface area contributed by atoms with E-state index < -0.39 is 5.63 Å². The van der Waals surface area contributed by atoms with Crippen LogP contribution in [0.5, 0.6) is 5.75 Å². The smallest absolute Gasteiger partial charge is 0.336 e. The van der Waals surface area contributed by atoms with Crippen molar-refractivity contribution in [1.82, 2.24) is 10.2 Å². The summed E-state index contributed by atoms with van der Waals surface area (Å²) in [5.41, 5.74) is 2.63. The molecule has 7 heteroatoms. The molecule has 0 aliphatic heterocycles. The molecule has 4 aromatic rings. The second kappa shape index (κ2) is 6.68. The summed E-state index contributed by atoms with van der Waals surface area (Å²) in [6.45, 7) is 2.00. The number of aromatic hydroxyl groups is 1. The van der Waals surface area contributed by atoms with E-state index in [1.54, 1.807) is 12.1 Å². The Kier molecular flexibility index (Phi) is 4.22. The molecule has 130 valence electrons. The summed E-state index contributed by atoms with van der Waals surface area (Å²) >= 11 is 1.34. The van der Waals surface area contributed by atoms with Crippen LogP contribution in [-0.4, -0.2) is 15.3 Å². The maximum Gasteiger partial charge on any atom is 0.336 e. The van der Waals surface area contributed by atoms with E-state index in [0.717, 1.165) is 22.1 Å². The fourth-order valence-corrected chi connectivity index (χ4v) is 3.39. The van der Waals surface area contributed by atoms with Gasteiger partial charge in [-0.2, -0.15) is 0 Å². The molecule has 0 saturated heterocycles. The van der Waals surface area contributed by atoms with E-state index in [4.69, 9.17) is 8.83 Å². The Hall–Kier alpha value is -3.06. The van der Waals surface area contributed by atoms with E-state index in [-0.39, 0.29) is 5.75 Å². The van der Waals surface area contributed by atoms with E-state index in [2.05, 4.69) is 10.2 Å². The highest BCUT2D eigenvalue weighted by molar-refractivity contribution is 7.98. The lowest BCUT2D eigenvalue weighted by Crippen LogP contribution is -1.99. The van der Waals surface area contributed by atoms with Gasteiger partial charge in [0.25, 0.3) is 5.22 Å². The van der Waals surface area contributed by atoms with Crippen molar-refractivity contribution in [3.05, 3.63) is 70.1 Å². The van der Waals surface area contributed by atoms with Crippen molar-refractivity contribution < 1.29 is 13.9 Å². The molecule has 0 fully saturated rings. The molecule has 1 N–H and O–H groups in total. The number of rotatable bonds is 4. The summed E-state index contributed by atoms with van der Waals surface area (Å²) in [7, 11) is 0. The first-order valence-electron chi connectivity index (χ1n) is 7.87. The number of aromatic nitrogens is 2. The third-order valence-electron chi connectivity index (χ3n) is 3.84. The van der Waals surface area contributed by atoms with Crippen molar-refractivity contribution in [2.45, 2.75) is 17.9 Å². The predicted octanol–water partition coefficient (Wildman–Crippen LogP) is 4.15. The second-order valence-electron chi connectivity index (χ2n) is 5.80. The number of phenolic OH excluding ortho intramolecular Hbond substituents is 1. The van der Waals surface area contributed by atoms with Crippen molar-refractivity contribution in [2.24, 2.45) is 0 Å². The van der Waals surface area contributed by atoms with Crippen LogP contribution in [0.1, 0.15) is 11.1 Å². The van der Waals surface area contributed by atoms with Crippen molar-refractivity contribution in [3.63, 3.8) is 0 Å². The zero-order valence-corrected chi connectivity index (χ0v) is 14.6. The minimum absolute atomic E-state index is 0.0464. The van der Waals surface area contributed by atoms with Crippen LogP contribution in [0.4, 0.5) is 0 Å². The maximum absolute atomic E-state index is 11.7. The van der Waals surface area contributed by atoms with Crippen LogP contribution < -0.4 is 5.63 Å². The maximum atomic E-state index is 11.7. The lowest BCUT2D eigenvalue weighted by atomic mass is 10.1. The lowest BCUT2D eigenvalue weighted by Gasteiger charge is -2.04. The Morgan fingerprint density at radius 2 is 1.96 bits per heavy atom. The van der Waals surface area contributed by atoms with Gasteiger partial charge in [0.2, 0.25) is 5.89 Å². The molecule has 0 amide bonds. The average Bonchev–Trinajstić information content (AvgIpc) is 3.08. The van der Waals surface area contributed by atoms with Gasteiger partial charge < -0.3 is 13.9 Å². The summed E-state index contributed by atoms with van der Waals surface area (Å²) < 4.78 is 10.8. The van der Waals surface area contributed by atoms with Crippen molar-refractivity contribution >= 4 is 22.7 Å². The third-order valence-corrected chi connectivity index (χ3v) is 4.70. The van der Waals surface area contributed by atoms with Crippen molar-refractivity contribution in [1.29, 1.82) is 0 Å². The number of hydrogen-bond donors (Lipinski definition) is 1. The molecular weight excluding hydrogens is 352 g/mol. The summed E-state index contributed by atoms with van der Waals surface area (Å²) in [5, 5.41) is 18.9. The summed E-state index contributed by atoms with van der Waals surface area (Å²) in [6, 6.07) is 14.0. The number of phenols is 1. The molecular formula is C19H14N2O4S. The van der Waals surface area contributed by atoms with Gasteiger partial charge in [0, 0.05) is 28.8 Å². The Balaban J connectivity index is 1.58. The Bertz CT molecular complexity index is 1150. The van der Waals surface area contributed by atoms with Crippen molar-refractivity contribution in [2.75, 3.05) is 0 Å². The molecule has 2 aromatic carbocycles. The third kappa shape index (κ3) is 3.34. The molecule has 0 bridgehead atoms. The van der Waals surface area contributed by atoms with E-state index in [0.29, 0.717) is 22.4 Å². The SMILES string of the molecule is Cc1cccc(-c2nnc(SCc3cc(=O)oc4cc(O)ccc34)o2)c1. The van der Waals surface area contributed by atoms with Crippen LogP contribution >= 0.6 is 11.8 Å². The van der Waals surface area contributed by atoms with E-state index in [1.165, 1.54) is 23.9 Å². The summed E-state index contributed by atoms with van der Waals surface area (Å²) in [6.07, 6.45) is 0. The molecule has 6 nitrogen and oxygen atoms in total. The molecule has 0 aliphatic carbocycles. The highest BCUT2D eigenvalue weighted by Gasteiger charge is 2.12. The van der Waals surface area contributed by atoms with Gasteiger partial charge in [-0.05, 0) is 36.8 Å². The molecule has 4 rings (SSSR count). The highest BCUT2D eigenvalue weighted by Crippen LogP contribution is 2.29. The lowest BCUT2D eigenvalue weighted by molar-refractivity contribution is 0.465. The van der Waals surface area contributed by atoms with Gasteiger partial charge >= 0.3 is 5.63 Å². The minimum Gasteiger partial charge on any atom is -0.508 e. The number of fused-ring (bicyclic) bond motifs is 1. The number of aryl methyl sites for hydroxylation is 1. The molecule has 0 aliphatic rings. The van der Waals surface area contributed by atoms with Gasteiger partial charge in [-0.3, -0.25) is 0 Å². The van der Waals surface area contributed by atoms with E-state index in [9.17, 15) is 9.90 Å². The first-order chi connectivity index (χ1) is 12.6. The van der Waals surface area contributed by atoms with Gasteiger partial charge in [-0.25, -0.2) is 4.79 Å². The van der Waals surface area contributed by atoms with Crippen molar-refractivity contribution in [3.8, 4) is 17.2 Å². The first-order valence-corrected chi connectivity index (χ1v) is 8.86. The summed E-state index contributed by atoms with van der Waals surface area (Å²) in [5.74, 6) is 0.964. The fourth-order valence-electron chi connectivity index (χ4n) is 2.64. The number of nitrogens with zero attached hydrogens (tertiary/aromatic N) is 2. The number of thioether (sulfide) groups is 1. The molecule has 0 saturated carbocycles. The Morgan fingerprint density at radius 3 is 2.81 bits per heavy atom. The molecule has 0 spiro atoms. The zero-order valence-electron chi connectivity index (χ0n) is 13.8. The van der Waals surface area contributed by atoms with Crippen LogP contribution in [0, 0.1) is 6.92 Å². The van der Waals surface area contributed by atoms with Crippen LogP contribution in [0.3, 0.4) is 0 Å². The largest absolute Gasteiger partial charge is 0.508 e. The van der Waals surface area contributed by atoms with Crippen LogP contribution in [0.2, 0.25) is 0 Å². The zero-order chi connectivity index (χ0) is 18.1. The molecule has 2 heterocycles. The first kappa shape index (κ1) is 16.4.